The Kier molecular flexibility index (Phi) is 5.10. The van der Waals surface area contributed by atoms with Gasteiger partial charge in [0.15, 0.2) is 5.76 Å². The highest BCUT2D eigenvalue weighted by molar-refractivity contribution is 5.75. The van der Waals surface area contributed by atoms with Crippen LogP contribution in [0.2, 0.25) is 0 Å². The largest absolute Gasteiger partial charge is 0.419 e. The Labute approximate surface area is 138 Å². The van der Waals surface area contributed by atoms with Crippen LogP contribution >= 0.6 is 0 Å². The molecule has 1 saturated heterocycles. The number of nitrogens with zero attached hydrogens (tertiary/aromatic N) is 2. The minimum atomic E-state index is -0.607. The van der Waals surface area contributed by atoms with Crippen molar-refractivity contribution in [2.24, 2.45) is 0 Å². The van der Waals surface area contributed by atoms with Crippen LogP contribution in [-0.4, -0.2) is 41.6 Å². The van der Waals surface area contributed by atoms with Crippen LogP contribution in [0.3, 0.4) is 0 Å². The Morgan fingerprint density at radius 1 is 1.21 bits per heavy atom. The lowest BCUT2D eigenvalue weighted by Crippen LogP contribution is -2.36. The highest BCUT2D eigenvalue weighted by Gasteiger charge is 2.13. The van der Waals surface area contributed by atoms with Gasteiger partial charge in [0.1, 0.15) is 12.4 Å². The fourth-order valence-corrected chi connectivity index (χ4v) is 2.80. The van der Waals surface area contributed by atoms with E-state index in [-0.39, 0.29) is 18.3 Å². The van der Waals surface area contributed by atoms with Gasteiger partial charge in [0, 0.05) is 18.7 Å². The van der Waals surface area contributed by atoms with Crippen molar-refractivity contribution in [3.8, 4) is 11.3 Å². The molecule has 0 saturated carbocycles. The van der Waals surface area contributed by atoms with Crippen molar-refractivity contribution in [3.05, 3.63) is 46.8 Å². The van der Waals surface area contributed by atoms with Gasteiger partial charge in [-0.15, -0.1) is 0 Å². The summed E-state index contributed by atoms with van der Waals surface area (Å²) in [7, 11) is 0. The summed E-state index contributed by atoms with van der Waals surface area (Å²) in [4.78, 5) is 26.1. The smallest absolute Gasteiger partial charge is 0.408 e. The van der Waals surface area contributed by atoms with E-state index in [0.29, 0.717) is 17.9 Å². The number of benzene rings is 1. The highest BCUT2D eigenvalue weighted by Crippen LogP contribution is 2.18. The molecule has 1 aromatic heterocycles. The molecular weight excluding hydrogens is 313 g/mol. The van der Waals surface area contributed by atoms with Gasteiger partial charge < -0.3 is 14.6 Å². The van der Waals surface area contributed by atoms with Gasteiger partial charge in [0.05, 0.1) is 6.20 Å². The molecule has 1 aliphatic rings. The average molecular weight is 333 g/mol. The molecule has 128 valence electrons. The lowest BCUT2D eigenvalue weighted by molar-refractivity contribution is -0.121. The van der Waals surface area contributed by atoms with E-state index in [9.17, 15) is 14.0 Å². The molecular formula is C17H20FN3O3. The summed E-state index contributed by atoms with van der Waals surface area (Å²) in [6.45, 7) is 3.46. The molecule has 2 heterocycles. The van der Waals surface area contributed by atoms with Gasteiger partial charge in [-0.2, -0.15) is 0 Å². The Morgan fingerprint density at radius 2 is 1.92 bits per heavy atom. The number of oxazole rings is 1. The zero-order chi connectivity index (χ0) is 16.9. The van der Waals surface area contributed by atoms with E-state index in [1.165, 1.54) is 47.9 Å². The molecule has 1 N–H and O–H groups in total. The standard InChI is InChI=1S/C17H20FN3O3/c18-14-5-3-13(4-6-14)15-11-21(17(23)24-15)12-16(22)19-7-10-20-8-1-2-9-20/h3-6,11H,1-2,7-10,12H2,(H,19,22). The van der Waals surface area contributed by atoms with Crippen LogP contribution in [0, 0.1) is 5.82 Å². The third-order valence-electron chi connectivity index (χ3n) is 4.10. The first kappa shape index (κ1) is 16.4. The summed E-state index contributed by atoms with van der Waals surface area (Å²) < 4.78 is 19.3. The first-order valence-electron chi connectivity index (χ1n) is 8.07. The van der Waals surface area contributed by atoms with Crippen LogP contribution in [0.1, 0.15) is 12.8 Å². The van der Waals surface area contributed by atoms with Crippen LogP contribution in [-0.2, 0) is 11.3 Å². The SMILES string of the molecule is O=C(Cn1cc(-c2ccc(F)cc2)oc1=O)NCCN1CCCC1. The van der Waals surface area contributed by atoms with Gasteiger partial charge >= 0.3 is 5.76 Å². The lowest BCUT2D eigenvalue weighted by atomic mass is 10.2. The van der Waals surface area contributed by atoms with E-state index in [0.717, 1.165) is 19.6 Å². The van der Waals surface area contributed by atoms with Crippen molar-refractivity contribution in [3.63, 3.8) is 0 Å². The quantitative estimate of drug-likeness (QED) is 0.869. The lowest BCUT2D eigenvalue weighted by Gasteiger charge is -2.14. The monoisotopic (exact) mass is 333 g/mol. The molecule has 1 amide bonds. The number of rotatable bonds is 6. The molecule has 7 heteroatoms. The molecule has 0 spiro atoms. The van der Waals surface area contributed by atoms with Crippen molar-refractivity contribution in [2.45, 2.75) is 19.4 Å². The highest BCUT2D eigenvalue weighted by atomic mass is 19.1. The number of nitrogens with one attached hydrogen (secondary N) is 1. The van der Waals surface area contributed by atoms with Crippen molar-refractivity contribution in [1.29, 1.82) is 0 Å². The second kappa shape index (κ2) is 7.44. The summed E-state index contributed by atoms with van der Waals surface area (Å²) in [5.41, 5.74) is 0.585. The number of carbonyl (C=O) groups excluding carboxylic acids is 1. The molecule has 1 fully saturated rings. The molecule has 0 aliphatic carbocycles. The van der Waals surface area contributed by atoms with E-state index >= 15 is 0 Å². The van der Waals surface area contributed by atoms with Gasteiger partial charge in [-0.05, 0) is 50.2 Å². The predicted octanol–water partition coefficient (Wildman–Crippen LogP) is 1.46. The number of amides is 1. The maximum atomic E-state index is 12.9. The van der Waals surface area contributed by atoms with E-state index in [2.05, 4.69) is 10.2 Å². The predicted molar refractivity (Wildman–Crippen MR) is 87.0 cm³/mol. The summed E-state index contributed by atoms with van der Waals surface area (Å²) in [6.07, 6.45) is 3.89. The molecule has 1 aromatic carbocycles. The van der Waals surface area contributed by atoms with Crippen molar-refractivity contribution in [1.82, 2.24) is 14.8 Å². The molecule has 3 rings (SSSR count). The van der Waals surface area contributed by atoms with Gasteiger partial charge in [0.2, 0.25) is 5.91 Å². The summed E-state index contributed by atoms with van der Waals surface area (Å²) >= 11 is 0. The number of likely N-dealkylation sites (tertiary alicyclic amines) is 1. The molecule has 0 radical (unpaired) electrons. The van der Waals surface area contributed by atoms with E-state index in [4.69, 9.17) is 4.42 Å². The normalized spacial score (nSPS) is 14.9. The van der Waals surface area contributed by atoms with Crippen LogP contribution in [0.15, 0.2) is 39.7 Å². The molecule has 0 bridgehead atoms. The third kappa shape index (κ3) is 4.11. The van der Waals surface area contributed by atoms with Crippen LogP contribution in [0.5, 0.6) is 0 Å². The number of aromatic nitrogens is 1. The fraction of sp³-hybridized carbons (Fsp3) is 0.412. The molecule has 6 nitrogen and oxygen atoms in total. The van der Waals surface area contributed by atoms with Gasteiger partial charge in [-0.3, -0.25) is 9.36 Å². The Morgan fingerprint density at radius 3 is 2.62 bits per heavy atom. The number of hydrogen-bond acceptors (Lipinski definition) is 4. The van der Waals surface area contributed by atoms with Gasteiger partial charge in [-0.1, -0.05) is 0 Å². The Balaban J connectivity index is 1.55. The van der Waals surface area contributed by atoms with Crippen molar-refractivity contribution in [2.75, 3.05) is 26.2 Å². The number of carbonyl (C=O) groups is 1. The van der Waals surface area contributed by atoms with Crippen LogP contribution in [0.4, 0.5) is 4.39 Å². The average Bonchev–Trinajstić information content (AvgIpc) is 3.19. The third-order valence-corrected chi connectivity index (χ3v) is 4.10. The summed E-state index contributed by atoms with van der Waals surface area (Å²) in [5, 5.41) is 2.81. The summed E-state index contributed by atoms with van der Waals surface area (Å²) in [5.74, 6) is -0.894. The molecule has 24 heavy (non-hydrogen) atoms. The zero-order valence-corrected chi connectivity index (χ0v) is 13.3. The second-order valence-corrected chi connectivity index (χ2v) is 5.89. The Hall–Kier alpha value is -2.41. The number of hydrogen-bond donors (Lipinski definition) is 1. The van der Waals surface area contributed by atoms with Crippen LogP contribution in [0.25, 0.3) is 11.3 Å². The maximum absolute atomic E-state index is 12.9. The van der Waals surface area contributed by atoms with E-state index in [1.54, 1.807) is 0 Å². The molecule has 0 atom stereocenters. The number of halogens is 1. The first-order chi connectivity index (χ1) is 11.6. The first-order valence-corrected chi connectivity index (χ1v) is 8.07. The van der Waals surface area contributed by atoms with E-state index < -0.39 is 5.76 Å². The fourth-order valence-electron chi connectivity index (χ4n) is 2.80. The zero-order valence-electron chi connectivity index (χ0n) is 13.3. The topological polar surface area (TPSA) is 67.5 Å². The van der Waals surface area contributed by atoms with Crippen molar-refractivity contribution < 1.29 is 13.6 Å². The minimum absolute atomic E-state index is 0.0937. The molecule has 1 aliphatic heterocycles. The second-order valence-electron chi connectivity index (χ2n) is 5.89. The molecule has 0 unspecified atom stereocenters. The summed E-state index contributed by atoms with van der Waals surface area (Å²) in [6, 6.07) is 5.62. The van der Waals surface area contributed by atoms with Gasteiger partial charge in [-0.25, -0.2) is 9.18 Å². The molecule has 2 aromatic rings. The van der Waals surface area contributed by atoms with Crippen molar-refractivity contribution >= 4 is 5.91 Å². The maximum Gasteiger partial charge on any atom is 0.419 e. The Bertz CT molecular complexity index is 745. The van der Waals surface area contributed by atoms with Crippen LogP contribution < -0.4 is 11.1 Å². The van der Waals surface area contributed by atoms with E-state index in [1.807, 2.05) is 0 Å². The minimum Gasteiger partial charge on any atom is -0.408 e. The van der Waals surface area contributed by atoms with Gasteiger partial charge in [0.25, 0.3) is 0 Å².